The summed E-state index contributed by atoms with van der Waals surface area (Å²) in [5.74, 6) is 0.183. The lowest BCUT2D eigenvalue weighted by molar-refractivity contribution is 0.0744. The molecule has 0 aliphatic carbocycles. The van der Waals surface area contributed by atoms with E-state index in [0.717, 1.165) is 11.4 Å². The van der Waals surface area contributed by atoms with Gasteiger partial charge in [0.05, 0.1) is 12.2 Å². The van der Waals surface area contributed by atoms with E-state index in [2.05, 4.69) is 15.2 Å². The highest BCUT2D eigenvalue weighted by molar-refractivity contribution is 5.92. The predicted molar refractivity (Wildman–Crippen MR) is 72.4 cm³/mol. The zero-order valence-corrected chi connectivity index (χ0v) is 11.1. The fourth-order valence-electron chi connectivity index (χ4n) is 1.83. The molecule has 6 nitrogen and oxygen atoms in total. The summed E-state index contributed by atoms with van der Waals surface area (Å²) in [6.45, 7) is 4.91. The molecule has 1 amide bonds. The van der Waals surface area contributed by atoms with E-state index in [9.17, 15) is 4.79 Å². The molecule has 0 aliphatic rings. The second-order valence-corrected chi connectivity index (χ2v) is 4.30. The van der Waals surface area contributed by atoms with E-state index in [0.29, 0.717) is 24.6 Å². The van der Waals surface area contributed by atoms with Gasteiger partial charge in [0, 0.05) is 18.3 Å². The van der Waals surface area contributed by atoms with E-state index in [1.807, 2.05) is 32.0 Å². The third kappa shape index (κ3) is 3.09. The van der Waals surface area contributed by atoms with Gasteiger partial charge in [-0.2, -0.15) is 5.10 Å². The van der Waals surface area contributed by atoms with Gasteiger partial charge in [-0.15, -0.1) is 0 Å². The number of pyridine rings is 1. The summed E-state index contributed by atoms with van der Waals surface area (Å²) >= 11 is 0. The van der Waals surface area contributed by atoms with Crippen LogP contribution in [0, 0.1) is 6.92 Å². The van der Waals surface area contributed by atoms with Crippen LogP contribution in [0.2, 0.25) is 0 Å². The van der Waals surface area contributed by atoms with Gasteiger partial charge in [-0.3, -0.25) is 14.9 Å². The summed E-state index contributed by atoms with van der Waals surface area (Å²) in [6, 6.07) is 7.31. The van der Waals surface area contributed by atoms with Crippen molar-refractivity contribution in [3.05, 3.63) is 41.3 Å². The Morgan fingerprint density at radius 3 is 2.84 bits per heavy atom. The third-order valence-corrected chi connectivity index (χ3v) is 2.80. The van der Waals surface area contributed by atoms with Gasteiger partial charge in [-0.25, -0.2) is 0 Å². The monoisotopic (exact) mass is 259 g/mol. The fraction of sp³-hybridized carbons (Fsp3) is 0.308. The molecule has 0 fully saturated rings. The van der Waals surface area contributed by atoms with Crippen LogP contribution in [0.25, 0.3) is 0 Å². The molecule has 0 aliphatic heterocycles. The summed E-state index contributed by atoms with van der Waals surface area (Å²) in [4.78, 5) is 18.3. The largest absolute Gasteiger partial charge is 0.382 e. The lowest BCUT2D eigenvalue weighted by atomic mass is 10.2. The lowest BCUT2D eigenvalue weighted by Crippen LogP contribution is -2.31. The van der Waals surface area contributed by atoms with Crippen molar-refractivity contribution in [3.8, 4) is 0 Å². The molecular weight excluding hydrogens is 242 g/mol. The van der Waals surface area contributed by atoms with E-state index >= 15 is 0 Å². The molecule has 0 unspecified atom stereocenters. The highest BCUT2D eigenvalue weighted by Gasteiger charge is 2.17. The van der Waals surface area contributed by atoms with Crippen LogP contribution in [-0.2, 0) is 6.54 Å². The molecule has 2 aromatic rings. The lowest BCUT2D eigenvalue weighted by Gasteiger charge is -2.19. The molecule has 0 bridgehead atoms. The van der Waals surface area contributed by atoms with Crippen LogP contribution < -0.4 is 5.73 Å². The number of hydrogen-bond donors (Lipinski definition) is 2. The second kappa shape index (κ2) is 5.51. The first kappa shape index (κ1) is 13.1. The molecule has 2 aromatic heterocycles. The number of hydrogen-bond acceptors (Lipinski definition) is 4. The van der Waals surface area contributed by atoms with Crippen molar-refractivity contribution in [3.63, 3.8) is 0 Å². The summed E-state index contributed by atoms with van der Waals surface area (Å²) < 4.78 is 0. The molecule has 19 heavy (non-hydrogen) atoms. The van der Waals surface area contributed by atoms with Gasteiger partial charge >= 0.3 is 0 Å². The smallest absolute Gasteiger partial charge is 0.272 e. The maximum atomic E-state index is 12.2. The molecule has 2 heterocycles. The first-order valence-electron chi connectivity index (χ1n) is 6.13. The van der Waals surface area contributed by atoms with Crippen molar-refractivity contribution in [2.24, 2.45) is 0 Å². The minimum atomic E-state index is -0.130. The number of H-pyrrole nitrogens is 1. The van der Waals surface area contributed by atoms with Crippen molar-refractivity contribution in [1.82, 2.24) is 20.1 Å². The highest BCUT2D eigenvalue weighted by atomic mass is 16.2. The number of nitrogens with zero attached hydrogens (tertiary/aromatic N) is 3. The Morgan fingerprint density at radius 1 is 1.47 bits per heavy atom. The van der Waals surface area contributed by atoms with Crippen LogP contribution in [0.4, 0.5) is 5.82 Å². The van der Waals surface area contributed by atoms with Gasteiger partial charge < -0.3 is 10.6 Å². The number of rotatable bonds is 4. The van der Waals surface area contributed by atoms with E-state index in [4.69, 9.17) is 5.73 Å². The summed E-state index contributed by atoms with van der Waals surface area (Å²) in [5.41, 5.74) is 7.70. The summed E-state index contributed by atoms with van der Waals surface area (Å²) in [5, 5.41) is 6.40. The van der Waals surface area contributed by atoms with Crippen LogP contribution in [0.3, 0.4) is 0 Å². The molecule has 0 spiro atoms. The Hall–Kier alpha value is -2.37. The molecule has 3 N–H and O–H groups in total. The first-order valence-corrected chi connectivity index (χ1v) is 6.13. The van der Waals surface area contributed by atoms with Crippen LogP contribution >= 0.6 is 0 Å². The zero-order valence-electron chi connectivity index (χ0n) is 11.1. The Kier molecular flexibility index (Phi) is 3.79. The average Bonchev–Trinajstić information content (AvgIpc) is 2.82. The van der Waals surface area contributed by atoms with E-state index in [-0.39, 0.29) is 5.91 Å². The molecule has 0 saturated carbocycles. The van der Waals surface area contributed by atoms with Crippen LogP contribution in [-0.4, -0.2) is 32.5 Å². The second-order valence-electron chi connectivity index (χ2n) is 4.30. The number of carbonyl (C=O) groups excluding carboxylic acids is 1. The molecule has 100 valence electrons. The quantitative estimate of drug-likeness (QED) is 0.867. The minimum absolute atomic E-state index is 0.130. The number of anilines is 1. The number of carbonyl (C=O) groups is 1. The van der Waals surface area contributed by atoms with Crippen molar-refractivity contribution in [2.75, 3.05) is 12.3 Å². The number of aromatic amines is 1. The molecule has 0 aromatic carbocycles. The predicted octanol–water partition coefficient (Wildman–Crippen LogP) is 1.36. The normalized spacial score (nSPS) is 10.4. The van der Waals surface area contributed by atoms with Gasteiger partial charge in [-0.1, -0.05) is 6.07 Å². The number of nitrogens with one attached hydrogen (secondary N) is 1. The Bertz CT molecular complexity index is 578. The van der Waals surface area contributed by atoms with Gasteiger partial charge in [0.25, 0.3) is 5.91 Å². The maximum absolute atomic E-state index is 12.2. The van der Waals surface area contributed by atoms with Gasteiger partial charge in [0.15, 0.2) is 0 Å². The topological polar surface area (TPSA) is 87.9 Å². The van der Waals surface area contributed by atoms with Crippen LogP contribution in [0.1, 0.15) is 28.8 Å². The third-order valence-electron chi connectivity index (χ3n) is 2.80. The van der Waals surface area contributed by atoms with Crippen LogP contribution in [0.15, 0.2) is 24.3 Å². The van der Waals surface area contributed by atoms with Crippen molar-refractivity contribution in [1.29, 1.82) is 0 Å². The first-order chi connectivity index (χ1) is 9.10. The summed E-state index contributed by atoms with van der Waals surface area (Å²) in [7, 11) is 0. The molecule has 0 saturated heterocycles. The SMILES string of the molecule is CCN(Cc1cccc(C)n1)C(=O)c1cc(N)n[nH]1. The molecule has 6 heteroatoms. The Balaban J connectivity index is 2.14. The molecule has 2 rings (SSSR count). The number of nitrogens with two attached hydrogens (primary N) is 1. The van der Waals surface area contributed by atoms with E-state index < -0.39 is 0 Å². The molecular formula is C13H17N5O. The molecule has 0 radical (unpaired) electrons. The Morgan fingerprint density at radius 2 is 2.26 bits per heavy atom. The number of amides is 1. The number of nitrogen functional groups attached to an aromatic ring is 1. The average molecular weight is 259 g/mol. The van der Waals surface area contributed by atoms with E-state index in [1.165, 1.54) is 6.07 Å². The number of aromatic nitrogens is 3. The molecule has 0 atom stereocenters. The van der Waals surface area contributed by atoms with Crippen molar-refractivity contribution >= 4 is 11.7 Å². The maximum Gasteiger partial charge on any atom is 0.272 e. The van der Waals surface area contributed by atoms with Gasteiger partial charge in [-0.05, 0) is 26.0 Å². The highest BCUT2D eigenvalue weighted by Crippen LogP contribution is 2.09. The minimum Gasteiger partial charge on any atom is -0.382 e. The summed E-state index contributed by atoms with van der Waals surface area (Å²) in [6.07, 6.45) is 0. The zero-order chi connectivity index (χ0) is 13.8. The Labute approximate surface area is 111 Å². The van der Waals surface area contributed by atoms with Crippen LogP contribution in [0.5, 0.6) is 0 Å². The number of aryl methyl sites for hydroxylation is 1. The van der Waals surface area contributed by atoms with Crippen molar-refractivity contribution < 1.29 is 4.79 Å². The van der Waals surface area contributed by atoms with Gasteiger partial charge in [0.2, 0.25) is 0 Å². The fourth-order valence-corrected chi connectivity index (χ4v) is 1.83. The van der Waals surface area contributed by atoms with E-state index in [1.54, 1.807) is 4.90 Å². The standard InChI is InChI=1S/C13H17N5O/c1-3-18(8-10-6-4-5-9(2)15-10)13(19)11-7-12(14)17-16-11/h4-7H,3,8H2,1-2H3,(H3,14,16,17). The van der Waals surface area contributed by atoms with Gasteiger partial charge in [0.1, 0.15) is 11.5 Å². The van der Waals surface area contributed by atoms with Crippen molar-refractivity contribution in [2.45, 2.75) is 20.4 Å².